The van der Waals surface area contributed by atoms with Crippen LogP contribution in [0, 0.1) is 10.8 Å². The van der Waals surface area contributed by atoms with Gasteiger partial charge in [-0.2, -0.15) is 0 Å². The number of hydrogen-bond acceptors (Lipinski definition) is 2. The molecule has 1 aliphatic carbocycles. The SMILES string of the molecule is CC[C@]1(C)CC(C)(C)C(=O)C1N. The zero-order valence-corrected chi connectivity index (χ0v) is 8.48. The van der Waals surface area contributed by atoms with Gasteiger partial charge in [0.05, 0.1) is 6.04 Å². The first kappa shape index (κ1) is 9.72. The summed E-state index contributed by atoms with van der Waals surface area (Å²) < 4.78 is 0. The van der Waals surface area contributed by atoms with Gasteiger partial charge in [-0.15, -0.1) is 0 Å². The van der Waals surface area contributed by atoms with Gasteiger partial charge < -0.3 is 5.73 Å². The molecule has 2 N–H and O–H groups in total. The van der Waals surface area contributed by atoms with Gasteiger partial charge in [0.1, 0.15) is 0 Å². The third kappa shape index (κ3) is 1.18. The first-order valence-electron chi connectivity index (χ1n) is 4.63. The highest BCUT2D eigenvalue weighted by atomic mass is 16.1. The molecule has 2 heteroatoms. The maximum Gasteiger partial charge on any atom is 0.155 e. The molecule has 0 spiro atoms. The lowest BCUT2D eigenvalue weighted by atomic mass is 9.80. The van der Waals surface area contributed by atoms with Crippen molar-refractivity contribution in [3.05, 3.63) is 0 Å². The summed E-state index contributed by atoms with van der Waals surface area (Å²) in [7, 11) is 0. The molecule has 0 bridgehead atoms. The van der Waals surface area contributed by atoms with Crippen LogP contribution < -0.4 is 5.73 Å². The van der Waals surface area contributed by atoms with Crippen molar-refractivity contribution in [1.29, 1.82) is 0 Å². The van der Waals surface area contributed by atoms with Gasteiger partial charge >= 0.3 is 0 Å². The number of nitrogens with two attached hydrogens (primary N) is 1. The van der Waals surface area contributed by atoms with Crippen LogP contribution in [0.2, 0.25) is 0 Å². The number of hydrogen-bond donors (Lipinski definition) is 1. The van der Waals surface area contributed by atoms with E-state index in [-0.39, 0.29) is 22.7 Å². The van der Waals surface area contributed by atoms with Crippen LogP contribution in [0.15, 0.2) is 0 Å². The Morgan fingerprint density at radius 1 is 1.50 bits per heavy atom. The Morgan fingerprint density at radius 2 is 2.00 bits per heavy atom. The second kappa shape index (κ2) is 2.56. The van der Waals surface area contributed by atoms with E-state index in [4.69, 9.17) is 5.73 Å². The Balaban J connectivity index is 2.96. The van der Waals surface area contributed by atoms with Gasteiger partial charge in [-0.1, -0.05) is 27.7 Å². The molecule has 1 fully saturated rings. The van der Waals surface area contributed by atoms with Crippen molar-refractivity contribution < 1.29 is 4.79 Å². The van der Waals surface area contributed by atoms with Gasteiger partial charge in [0, 0.05) is 5.41 Å². The fraction of sp³-hybridized carbons (Fsp3) is 0.900. The largest absolute Gasteiger partial charge is 0.321 e. The van der Waals surface area contributed by atoms with Crippen molar-refractivity contribution >= 4 is 5.78 Å². The molecular weight excluding hydrogens is 150 g/mol. The van der Waals surface area contributed by atoms with E-state index in [1.807, 2.05) is 13.8 Å². The van der Waals surface area contributed by atoms with E-state index in [9.17, 15) is 4.79 Å². The minimum Gasteiger partial charge on any atom is -0.321 e. The van der Waals surface area contributed by atoms with Crippen LogP contribution in [0.5, 0.6) is 0 Å². The molecule has 0 aliphatic heterocycles. The molecule has 0 radical (unpaired) electrons. The number of ketones is 1. The second-order valence-corrected chi connectivity index (χ2v) is 4.91. The van der Waals surface area contributed by atoms with E-state index in [1.54, 1.807) is 0 Å². The van der Waals surface area contributed by atoms with Gasteiger partial charge in [0.15, 0.2) is 5.78 Å². The minimum atomic E-state index is -0.252. The van der Waals surface area contributed by atoms with Gasteiger partial charge in [0.25, 0.3) is 0 Å². The van der Waals surface area contributed by atoms with Crippen LogP contribution in [0.4, 0.5) is 0 Å². The van der Waals surface area contributed by atoms with Crippen LogP contribution in [0.25, 0.3) is 0 Å². The Hall–Kier alpha value is -0.370. The predicted octanol–water partition coefficient (Wildman–Crippen LogP) is 1.73. The molecule has 0 amide bonds. The fourth-order valence-corrected chi connectivity index (χ4v) is 2.29. The smallest absolute Gasteiger partial charge is 0.155 e. The Labute approximate surface area is 74.5 Å². The van der Waals surface area contributed by atoms with E-state index in [2.05, 4.69) is 13.8 Å². The topological polar surface area (TPSA) is 43.1 Å². The molecule has 1 rings (SSSR count). The lowest BCUT2D eigenvalue weighted by Crippen LogP contribution is -2.39. The summed E-state index contributed by atoms with van der Waals surface area (Å²) in [5.74, 6) is 0.229. The Morgan fingerprint density at radius 3 is 2.17 bits per heavy atom. The van der Waals surface area contributed by atoms with Crippen LogP contribution in [0.1, 0.15) is 40.5 Å². The number of carbonyl (C=O) groups is 1. The molecular formula is C10H19NO. The van der Waals surface area contributed by atoms with Crippen LogP contribution >= 0.6 is 0 Å². The van der Waals surface area contributed by atoms with E-state index < -0.39 is 0 Å². The molecule has 0 aromatic carbocycles. The first-order chi connectivity index (χ1) is 5.33. The molecule has 1 saturated carbocycles. The second-order valence-electron chi connectivity index (χ2n) is 4.91. The molecule has 0 saturated heterocycles. The Bertz CT molecular complexity index is 210. The number of carbonyl (C=O) groups excluding carboxylic acids is 1. The highest BCUT2D eigenvalue weighted by Crippen LogP contribution is 2.47. The van der Waals surface area contributed by atoms with Crippen molar-refractivity contribution in [3.63, 3.8) is 0 Å². The van der Waals surface area contributed by atoms with E-state index in [0.717, 1.165) is 12.8 Å². The summed E-state index contributed by atoms with van der Waals surface area (Å²) in [6.45, 7) is 8.21. The monoisotopic (exact) mass is 169 g/mol. The maximum atomic E-state index is 11.7. The molecule has 12 heavy (non-hydrogen) atoms. The lowest BCUT2D eigenvalue weighted by molar-refractivity contribution is -0.125. The molecule has 1 aliphatic rings. The minimum absolute atomic E-state index is 0.0284. The number of rotatable bonds is 1. The zero-order chi connectivity index (χ0) is 9.57. The Kier molecular flexibility index (Phi) is 2.07. The average molecular weight is 169 g/mol. The van der Waals surface area contributed by atoms with Gasteiger partial charge in [-0.3, -0.25) is 4.79 Å². The lowest BCUT2D eigenvalue weighted by Gasteiger charge is -2.26. The summed E-state index contributed by atoms with van der Waals surface area (Å²) in [4.78, 5) is 11.7. The predicted molar refractivity (Wildman–Crippen MR) is 49.8 cm³/mol. The van der Waals surface area contributed by atoms with Crippen molar-refractivity contribution in [1.82, 2.24) is 0 Å². The molecule has 0 aromatic rings. The summed E-state index contributed by atoms with van der Waals surface area (Å²) >= 11 is 0. The van der Waals surface area contributed by atoms with Gasteiger partial charge in [-0.05, 0) is 18.3 Å². The standard InChI is InChI=1S/C10H19NO/c1-5-10(4)6-9(2,3)8(12)7(10)11/h7H,5-6,11H2,1-4H3/t7?,10-/m1/s1. The number of Topliss-reactive ketones (excluding diaryl/α,β-unsaturated/α-hetero) is 1. The average Bonchev–Trinajstić information content (AvgIpc) is 2.13. The molecule has 70 valence electrons. The third-order valence-electron chi connectivity index (χ3n) is 3.35. The molecule has 0 heterocycles. The van der Waals surface area contributed by atoms with Crippen LogP contribution in [0.3, 0.4) is 0 Å². The third-order valence-corrected chi connectivity index (χ3v) is 3.35. The first-order valence-corrected chi connectivity index (χ1v) is 4.63. The summed E-state index contributed by atoms with van der Waals surface area (Å²) in [5.41, 5.74) is 5.72. The van der Waals surface area contributed by atoms with E-state index in [0.29, 0.717) is 0 Å². The molecule has 2 nitrogen and oxygen atoms in total. The molecule has 0 aromatic heterocycles. The van der Waals surface area contributed by atoms with Crippen LogP contribution in [-0.2, 0) is 4.79 Å². The van der Waals surface area contributed by atoms with E-state index >= 15 is 0 Å². The molecule has 2 atom stereocenters. The highest BCUT2D eigenvalue weighted by Gasteiger charge is 2.51. The normalized spacial score (nSPS) is 40.4. The van der Waals surface area contributed by atoms with Crippen molar-refractivity contribution in [2.75, 3.05) is 0 Å². The summed E-state index contributed by atoms with van der Waals surface area (Å²) in [6.07, 6.45) is 1.92. The summed E-state index contributed by atoms with van der Waals surface area (Å²) in [5, 5.41) is 0. The molecule has 1 unspecified atom stereocenters. The van der Waals surface area contributed by atoms with Crippen molar-refractivity contribution in [2.24, 2.45) is 16.6 Å². The van der Waals surface area contributed by atoms with Crippen molar-refractivity contribution in [3.8, 4) is 0 Å². The fourth-order valence-electron chi connectivity index (χ4n) is 2.29. The maximum absolute atomic E-state index is 11.7. The zero-order valence-electron chi connectivity index (χ0n) is 8.48. The van der Waals surface area contributed by atoms with Gasteiger partial charge in [-0.25, -0.2) is 0 Å². The summed E-state index contributed by atoms with van der Waals surface area (Å²) in [6, 6.07) is -0.252. The highest BCUT2D eigenvalue weighted by molar-refractivity contribution is 5.92. The van der Waals surface area contributed by atoms with Crippen LogP contribution in [-0.4, -0.2) is 11.8 Å². The van der Waals surface area contributed by atoms with E-state index in [1.165, 1.54) is 0 Å². The quantitative estimate of drug-likeness (QED) is 0.649. The van der Waals surface area contributed by atoms with Gasteiger partial charge in [0.2, 0.25) is 0 Å². The van der Waals surface area contributed by atoms with Crippen molar-refractivity contribution in [2.45, 2.75) is 46.6 Å².